The highest BCUT2D eigenvalue weighted by atomic mass is 32.1. The number of nitrogens with one attached hydrogen (secondary N) is 1. The van der Waals surface area contributed by atoms with Crippen LogP contribution in [0, 0.1) is 0 Å². The van der Waals surface area contributed by atoms with Crippen LogP contribution in [0.15, 0.2) is 36.8 Å². The van der Waals surface area contributed by atoms with Gasteiger partial charge in [0.15, 0.2) is 11.6 Å². The summed E-state index contributed by atoms with van der Waals surface area (Å²) in [4.78, 5) is 28.5. The van der Waals surface area contributed by atoms with Crippen LogP contribution in [-0.2, 0) is 4.74 Å². The molecule has 3 N–H and O–H groups in total. The van der Waals surface area contributed by atoms with Crippen LogP contribution in [0.3, 0.4) is 0 Å². The van der Waals surface area contributed by atoms with Crippen molar-refractivity contribution in [3.05, 3.63) is 36.8 Å². The van der Waals surface area contributed by atoms with Gasteiger partial charge in [0.25, 0.3) is 0 Å². The van der Waals surface area contributed by atoms with E-state index in [1.165, 1.54) is 0 Å². The molecule has 0 aliphatic carbocycles. The van der Waals surface area contributed by atoms with E-state index in [1.54, 1.807) is 23.7 Å². The Hall–Kier alpha value is -3.41. The predicted octanol–water partition coefficient (Wildman–Crippen LogP) is 2.04. The van der Waals surface area contributed by atoms with Crippen molar-refractivity contribution >= 4 is 39.1 Å². The van der Waals surface area contributed by atoms with Crippen LogP contribution < -0.4 is 20.9 Å². The lowest BCUT2D eigenvalue weighted by atomic mass is 10.2. The van der Waals surface area contributed by atoms with Crippen molar-refractivity contribution in [2.45, 2.75) is 0 Å². The van der Waals surface area contributed by atoms with E-state index in [0.717, 1.165) is 77.1 Å². The number of anilines is 3. The van der Waals surface area contributed by atoms with Crippen molar-refractivity contribution in [3.8, 4) is 21.8 Å². The second-order valence-electron chi connectivity index (χ2n) is 8.27. The van der Waals surface area contributed by atoms with Gasteiger partial charge in [-0.25, -0.2) is 24.9 Å². The molecular formula is C23H25N9OS. The van der Waals surface area contributed by atoms with Gasteiger partial charge in [0.2, 0.25) is 5.95 Å². The number of morpholine rings is 1. The summed E-state index contributed by atoms with van der Waals surface area (Å²) in [5.74, 6) is 2.76. The Morgan fingerprint density at radius 1 is 0.882 bits per heavy atom. The number of thiophene rings is 1. The Morgan fingerprint density at radius 3 is 2.38 bits per heavy atom. The number of nitrogens with two attached hydrogens (primary N) is 1. The minimum Gasteiger partial charge on any atom is -0.378 e. The molecular weight excluding hydrogens is 450 g/mol. The first-order chi connectivity index (χ1) is 16.7. The molecule has 0 spiro atoms. The fourth-order valence-electron chi connectivity index (χ4n) is 4.24. The quantitative estimate of drug-likeness (QED) is 0.454. The molecule has 2 fully saturated rings. The Labute approximate surface area is 200 Å². The summed E-state index contributed by atoms with van der Waals surface area (Å²) in [7, 11) is 0. The number of nitrogens with zero attached hydrogens (tertiary/aromatic N) is 7. The summed E-state index contributed by atoms with van der Waals surface area (Å²) in [6.07, 6.45) is 5.29. The van der Waals surface area contributed by atoms with Gasteiger partial charge in [-0.2, -0.15) is 0 Å². The van der Waals surface area contributed by atoms with E-state index >= 15 is 0 Å². The topological polar surface area (TPSA) is 118 Å². The summed E-state index contributed by atoms with van der Waals surface area (Å²) in [6, 6.07) is 6.37. The molecule has 2 aliphatic rings. The number of hydrogen-bond acceptors (Lipinski definition) is 11. The molecule has 0 aromatic carbocycles. The number of ether oxygens (including phenoxy) is 1. The van der Waals surface area contributed by atoms with E-state index in [2.05, 4.69) is 43.3 Å². The number of rotatable bonds is 4. The predicted molar refractivity (Wildman–Crippen MR) is 134 cm³/mol. The van der Waals surface area contributed by atoms with Crippen molar-refractivity contribution in [2.24, 2.45) is 0 Å². The zero-order valence-electron chi connectivity index (χ0n) is 18.6. The zero-order valence-corrected chi connectivity index (χ0v) is 19.5. The van der Waals surface area contributed by atoms with Gasteiger partial charge in [0.05, 0.1) is 29.0 Å². The molecule has 0 saturated carbocycles. The van der Waals surface area contributed by atoms with Crippen molar-refractivity contribution in [2.75, 3.05) is 68.0 Å². The molecule has 174 valence electrons. The lowest BCUT2D eigenvalue weighted by Crippen LogP contribution is -2.43. The maximum atomic E-state index is 5.67. The van der Waals surface area contributed by atoms with Gasteiger partial charge in [-0.3, -0.25) is 0 Å². The Morgan fingerprint density at radius 2 is 1.65 bits per heavy atom. The summed E-state index contributed by atoms with van der Waals surface area (Å²) in [5, 5.41) is 3.38. The molecule has 6 heterocycles. The summed E-state index contributed by atoms with van der Waals surface area (Å²) < 4.78 is 6.62. The normalized spacial score (nSPS) is 16.8. The molecule has 2 saturated heterocycles. The van der Waals surface area contributed by atoms with Crippen LogP contribution in [0.25, 0.3) is 32.0 Å². The molecule has 0 bridgehead atoms. The Bertz CT molecular complexity index is 1280. The third-order valence-corrected chi connectivity index (χ3v) is 7.24. The van der Waals surface area contributed by atoms with Crippen LogP contribution in [0.4, 0.5) is 17.6 Å². The van der Waals surface area contributed by atoms with E-state index in [4.69, 9.17) is 25.4 Å². The molecule has 2 aliphatic heterocycles. The van der Waals surface area contributed by atoms with Crippen molar-refractivity contribution in [3.63, 3.8) is 0 Å². The number of fused-ring (bicyclic) bond motifs is 1. The van der Waals surface area contributed by atoms with Crippen LogP contribution >= 0.6 is 11.3 Å². The average molecular weight is 476 g/mol. The van der Waals surface area contributed by atoms with Gasteiger partial charge in [-0.1, -0.05) is 0 Å². The van der Waals surface area contributed by atoms with E-state index in [9.17, 15) is 0 Å². The minimum absolute atomic E-state index is 0.229. The van der Waals surface area contributed by atoms with Gasteiger partial charge in [0, 0.05) is 68.3 Å². The maximum Gasteiger partial charge on any atom is 0.219 e. The number of aromatic nitrogens is 5. The van der Waals surface area contributed by atoms with Gasteiger partial charge in [-0.15, -0.1) is 11.3 Å². The molecule has 4 aromatic rings. The van der Waals surface area contributed by atoms with E-state index in [1.807, 2.05) is 6.20 Å². The fourth-order valence-corrected chi connectivity index (χ4v) is 5.35. The Kier molecular flexibility index (Phi) is 5.65. The smallest absolute Gasteiger partial charge is 0.219 e. The number of hydrogen-bond donors (Lipinski definition) is 2. The van der Waals surface area contributed by atoms with Crippen LogP contribution in [0.2, 0.25) is 0 Å². The fraction of sp³-hybridized carbons (Fsp3) is 0.348. The first kappa shape index (κ1) is 21.1. The zero-order chi connectivity index (χ0) is 22.9. The van der Waals surface area contributed by atoms with Crippen molar-refractivity contribution in [1.29, 1.82) is 0 Å². The summed E-state index contributed by atoms with van der Waals surface area (Å²) in [5.41, 5.74) is 8.38. The van der Waals surface area contributed by atoms with Gasteiger partial charge < -0.3 is 25.6 Å². The van der Waals surface area contributed by atoms with E-state index in [-0.39, 0.29) is 5.95 Å². The SMILES string of the molecule is Nc1ncc(-c2nc(N3CCOCC3)c3sc(-c4ccc(N5CCNCC5)nc4)cc3n2)cn1. The van der Waals surface area contributed by atoms with Gasteiger partial charge in [0.1, 0.15) is 5.82 Å². The van der Waals surface area contributed by atoms with Gasteiger partial charge in [-0.05, 0) is 18.2 Å². The molecule has 0 atom stereocenters. The molecule has 11 heteroatoms. The molecule has 34 heavy (non-hydrogen) atoms. The van der Waals surface area contributed by atoms with Crippen LogP contribution in [0.1, 0.15) is 0 Å². The number of nitrogen functional groups attached to an aromatic ring is 1. The van der Waals surface area contributed by atoms with Crippen molar-refractivity contribution < 1.29 is 4.74 Å². The Balaban J connectivity index is 1.39. The maximum absolute atomic E-state index is 5.67. The molecule has 0 radical (unpaired) electrons. The second-order valence-corrected chi connectivity index (χ2v) is 9.32. The van der Waals surface area contributed by atoms with E-state index in [0.29, 0.717) is 19.0 Å². The minimum atomic E-state index is 0.229. The number of pyridine rings is 1. The molecule has 6 rings (SSSR count). The van der Waals surface area contributed by atoms with Crippen LogP contribution in [-0.4, -0.2) is 77.4 Å². The largest absolute Gasteiger partial charge is 0.378 e. The standard InChI is InChI=1S/C23H25N9OS/c24-23-27-13-16(14-28-23)21-29-17-11-18(34-20(17)22(30-21)32-7-9-33-10-8-32)15-1-2-19(26-12-15)31-5-3-25-4-6-31/h1-2,11-14,25H,3-10H2,(H2,24,27,28). The monoisotopic (exact) mass is 475 g/mol. The second kappa shape index (κ2) is 9.09. The molecule has 4 aromatic heterocycles. The highest BCUT2D eigenvalue weighted by Crippen LogP contribution is 2.38. The molecule has 0 unspecified atom stereocenters. The first-order valence-electron chi connectivity index (χ1n) is 11.4. The lowest BCUT2D eigenvalue weighted by Gasteiger charge is -2.28. The highest BCUT2D eigenvalue weighted by Gasteiger charge is 2.21. The lowest BCUT2D eigenvalue weighted by molar-refractivity contribution is 0.122. The third kappa shape index (κ3) is 4.13. The molecule has 10 nitrogen and oxygen atoms in total. The van der Waals surface area contributed by atoms with Crippen molar-refractivity contribution in [1.82, 2.24) is 30.2 Å². The molecule has 0 amide bonds. The summed E-state index contributed by atoms with van der Waals surface area (Å²) in [6.45, 7) is 6.88. The first-order valence-corrected chi connectivity index (χ1v) is 12.2. The average Bonchev–Trinajstić information content (AvgIpc) is 3.34. The van der Waals surface area contributed by atoms with Gasteiger partial charge >= 0.3 is 0 Å². The summed E-state index contributed by atoms with van der Waals surface area (Å²) >= 11 is 1.70. The van der Waals surface area contributed by atoms with E-state index < -0.39 is 0 Å². The third-order valence-electron chi connectivity index (χ3n) is 6.07. The van der Waals surface area contributed by atoms with Crippen LogP contribution in [0.5, 0.6) is 0 Å². The number of piperazine rings is 1. The highest BCUT2D eigenvalue weighted by molar-refractivity contribution is 7.22.